The molecule has 2 aromatic carbocycles. The van der Waals surface area contributed by atoms with Gasteiger partial charge in [-0.3, -0.25) is 15.5 Å². The SMILES string of the molecule is CCOc1cc(C=NNc2ccc(C)c(C)c2)c([N+](=O)[O-])cc1OC. The Morgan fingerprint density at radius 3 is 2.56 bits per heavy atom. The van der Waals surface area contributed by atoms with E-state index in [1.54, 1.807) is 6.07 Å². The van der Waals surface area contributed by atoms with E-state index in [-0.39, 0.29) is 5.69 Å². The van der Waals surface area contributed by atoms with E-state index >= 15 is 0 Å². The zero-order valence-corrected chi connectivity index (χ0v) is 14.7. The van der Waals surface area contributed by atoms with Crippen LogP contribution in [0.15, 0.2) is 35.4 Å². The summed E-state index contributed by atoms with van der Waals surface area (Å²) in [6, 6.07) is 8.72. The molecule has 0 aromatic heterocycles. The minimum absolute atomic E-state index is 0.106. The van der Waals surface area contributed by atoms with Gasteiger partial charge in [0, 0.05) is 0 Å². The predicted octanol–water partition coefficient (Wildman–Crippen LogP) is 4.06. The average Bonchev–Trinajstić information content (AvgIpc) is 2.58. The number of benzene rings is 2. The Morgan fingerprint density at radius 1 is 1.20 bits per heavy atom. The van der Waals surface area contributed by atoms with E-state index in [0.29, 0.717) is 23.7 Å². The Labute approximate surface area is 146 Å². The molecule has 0 aliphatic heterocycles. The number of hydrogen-bond acceptors (Lipinski definition) is 6. The number of hydrazone groups is 1. The molecule has 25 heavy (non-hydrogen) atoms. The minimum atomic E-state index is -0.477. The van der Waals surface area contributed by atoms with Gasteiger partial charge in [-0.25, -0.2) is 0 Å². The number of methoxy groups -OCH3 is 1. The van der Waals surface area contributed by atoms with Crippen LogP contribution in [0.2, 0.25) is 0 Å². The molecule has 132 valence electrons. The minimum Gasteiger partial charge on any atom is -0.493 e. The summed E-state index contributed by atoms with van der Waals surface area (Å²) in [6.07, 6.45) is 1.40. The molecule has 0 bridgehead atoms. The molecule has 0 atom stereocenters. The van der Waals surface area contributed by atoms with E-state index < -0.39 is 4.92 Å². The molecule has 0 unspecified atom stereocenters. The second-order valence-corrected chi connectivity index (χ2v) is 5.42. The fourth-order valence-corrected chi connectivity index (χ4v) is 2.24. The van der Waals surface area contributed by atoms with Crippen molar-refractivity contribution in [3.63, 3.8) is 0 Å². The maximum atomic E-state index is 11.3. The van der Waals surface area contributed by atoms with Crippen molar-refractivity contribution in [2.24, 2.45) is 5.10 Å². The fraction of sp³-hybridized carbons (Fsp3) is 0.278. The van der Waals surface area contributed by atoms with Gasteiger partial charge in [0.25, 0.3) is 5.69 Å². The summed E-state index contributed by atoms with van der Waals surface area (Å²) < 4.78 is 10.6. The van der Waals surface area contributed by atoms with Crippen molar-refractivity contribution in [1.29, 1.82) is 0 Å². The van der Waals surface area contributed by atoms with E-state index in [9.17, 15) is 10.1 Å². The Hall–Kier alpha value is -3.09. The van der Waals surface area contributed by atoms with Crippen LogP contribution in [0, 0.1) is 24.0 Å². The van der Waals surface area contributed by atoms with Crippen LogP contribution in [0.25, 0.3) is 0 Å². The van der Waals surface area contributed by atoms with Gasteiger partial charge in [-0.1, -0.05) is 6.07 Å². The van der Waals surface area contributed by atoms with Crippen LogP contribution in [0.4, 0.5) is 11.4 Å². The Bertz CT molecular complexity index is 803. The lowest BCUT2D eigenvalue weighted by atomic mass is 10.1. The van der Waals surface area contributed by atoms with Crippen molar-refractivity contribution in [3.8, 4) is 11.5 Å². The van der Waals surface area contributed by atoms with Crippen LogP contribution < -0.4 is 14.9 Å². The normalized spacial score (nSPS) is 10.7. The number of rotatable bonds is 7. The van der Waals surface area contributed by atoms with E-state index in [1.807, 2.05) is 39.0 Å². The quantitative estimate of drug-likeness (QED) is 0.465. The van der Waals surface area contributed by atoms with Gasteiger partial charge in [0.2, 0.25) is 0 Å². The molecule has 0 spiro atoms. The molecule has 0 aliphatic rings. The number of nitro groups is 1. The zero-order valence-electron chi connectivity index (χ0n) is 14.7. The van der Waals surface area contributed by atoms with Gasteiger partial charge in [-0.05, 0) is 50.1 Å². The number of nitrogens with one attached hydrogen (secondary N) is 1. The summed E-state index contributed by atoms with van der Waals surface area (Å²) in [5.41, 5.74) is 6.22. The molecular formula is C18H21N3O4. The number of nitrogens with zero attached hydrogens (tertiary/aromatic N) is 2. The largest absolute Gasteiger partial charge is 0.493 e. The molecule has 0 heterocycles. The monoisotopic (exact) mass is 343 g/mol. The predicted molar refractivity (Wildman–Crippen MR) is 98.0 cm³/mol. The molecule has 0 amide bonds. The second-order valence-electron chi connectivity index (χ2n) is 5.42. The van der Waals surface area contributed by atoms with Crippen molar-refractivity contribution >= 4 is 17.6 Å². The third-order valence-corrected chi connectivity index (χ3v) is 3.71. The third kappa shape index (κ3) is 4.47. The van der Waals surface area contributed by atoms with Gasteiger partial charge in [-0.15, -0.1) is 0 Å². The van der Waals surface area contributed by atoms with Gasteiger partial charge in [0.15, 0.2) is 11.5 Å². The maximum Gasteiger partial charge on any atom is 0.282 e. The first-order chi connectivity index (χ1) is 12.0. The van der Waals surface area contributed by atoms with E-state index in [1.165, 1.54) is 25.0 Å². The van der Waals surface area contributed by atoms with Crippen LogP contribution in [0.1, 0.15) is 23.6 Å². The smallest absolute Gasteiger partial charge is 0.282 e. The standard InChI is InChI=1S/C18H21N3O4/c1-5-25-18-9-14(16(21(22)23)10-17(18)24-4)11-19-20-15-7-6-12(2)13(3)8-15/h6-11,20H,5H2,1-4H3. The van der Waals surface area contributed by atoms with E-state index in [0.717, 1.165) is 11.3 Å². The summed E-state index contributed by atoms with van der Waals surface area (Å²) in [7, 11) is 1.44. The van der Waals surface area contributed by atoms with Crippen LogP contribution >= 0.6 is 0 Å². The highest BCUT2D eigenvalue weighted by Crippen LogP contribution is 2.34. The van der Waals surface area contributed by atoms with Crippen LogP contribution in [0.5, 0.6) is 11.5 Å². The highest BCUT2D eigenvalue weighted by molar-refractivity contribution is 5.87. The lowest BCUT2D eigenvalue weighted by molar-refractivity contribution is -0.385. The number of ether oxygens (including phenoxy) is 2. The lowest BCUT2D eigenvalue weighted by Gasteiger charge is -2.10. The summed E-state index contributed by atoms with van der Waals surface area (Å²) in [6.45, 7) is 6.28. The molecular weight excluding hydrogens is 322 g/mol. The molecule has 0 saturated carbocycles. The van der Waals surface area contributed by atoms with E-state index in [2.05, 4.69) is 10.5 Å². The van der Waals surface area contributed by atoms with Crippen molar-refractivity contribution in [2.75, 3.05) is 19.1 Å². The van der Waals surface area contributed by atoms with Crippen LogP contribution in [-0.4, -0.2) is 24.9 Å². The highest BCUT2D eigenvalue weighted by Gasteiger charge is 2.18. The molecule has 0 aliphatic carbocycles. The van der Waals surface area contributed by atoms with Crippen molar-refractivity contribution in [3.05, 3.63) is 57.1 Å². The first-order valence-electron chi connectivity index (χ1n) is 7.81. The first kappa shape index (κ1) is 18.3. The number of hydrogen-bond donors (Lipinski definition) is 1. The number of nitro benzene ring substituents is 1. The number of anilines is 1. The average molecular weight is 343 g/mol. The fourth-order valence-electron chi connectivity index (χ4n) is 2.24. The van der Waals surface area contributed by atoms with Crippen LogP contribution in [-0.2, 0) is 0 Å². The Balaban J connectivity index is 2.30. The molecule has 7 heteroatoms. The second kappa shape index (κ2) is 8.14. The molecule has 2 aromatic rings. The van der Waals surface area contributed by atoms with Crippen LogP contribution in [0.3, 0.4) is 0 Å². The molecule has 0 saturated heterocycles. The van der Waals surface area contributed by atoms with Gasteiger partial charge < -0.3 is 9.47 Å². The summed E-state index contributed by atoms with van der Waals surface area (Å²) in [5.74, 6) is 0.746. The summed E-state index contributed by atoms with van der Waals surface area (Å²) in [4.78, 5) is 10.8. The zero-order chi connectivity index (χ0) is 18.4. The van der Waals surface area contributed by atoms with Gasteiger partial charge >= 0.3 is 0 Å². The molecule has 2 rings (SSSR count). The molecule has 0 radical (unpaired) electrons. The van der Waals surface area contributed by atoms with Gasteiger partial charge in [0.1, 0.15) is 0 Å². The Kier molecular flexibility index (Phi) is 5.94. The lowest BCUT2D eigenvalue weighted by Crippen LogP contribution is -2.01. The van der Waals surface area contributed by atoms with Crippen molar-refractivity contribution in [2.45, 2.75) is 20.8 Å². The molecule has 1 N–H and O–H groups in total. The summed E-state index contributed by atoms with van der Waals surface area (Å²) in [5, 5.41) is 15.4. The molecule has 0 fully saturated rings. The Morgan fingerprint density at radius 2 is 1.96 bits per heavy atom. The third-order valence-electron chi connectivity index (χ3n) is 3.71. The van der Waals surface area contributed by atoms with E-state index in [4.69, 9.17) is 9.47 Å². The highest BCUT2D eigenvalue weighted by atomic mass is 16.6. The van der Waals surface area contributed by atoms with Crippen molar-refractivity contribution < 1.29 is 14.4 Å². The van der Waals surface area contributed by atoms with Gasteiger partial charge in [-0.2, -0.15) is 5.10 Å². The van der Waals surface area contributed by atoms with Gasteiger partial charge in [0.05, 0.1) is 42.2 Å². The molecule has 7 nitrogen and oxygen atoms in total. The van der Waals surface area contributed by atoms with Crippen molar-refractivity contribution in [1.82, 2.24) is 0 Å². The summed E-state index contributed by atoms with van der Waals surface area (Å²) >= 11 is 0. The number of aryl methyl sites for hydroxylation is 2. The maximum absolute atomic E-state index is 11.3. The first-order valence-corrected chi connectivity index (χ1v) is 7.81. The topological polar surface area (TPSA) is 86.0 Å².